The lowest BCUT2D eigenvalue weighted by Gasteiger charge is -2.24. The van der Waals surface area contributed by atoms with E-state index in [-0.39, 0.29) is 23.9 Å². The minimum atomic E-state index is -0.943. The van der Waals surface area contributed by atoms with Gasteiger partial charge in [-0.25, -0.2) is 14.6 Å². The molecule has 9 nitrogen and oxygen atoms in total. The normalized spacial score (nSPS) is 13.1. The number of hydrogen-bond donors (Lipinski definition) is 0. The van der Waals surface area contributed by atoms with Crippen molar-refractivity contribution in [3.05, 3.63) is 138 Å². The monoisotopic (exact) mass is 630 g/mol. The second kappa shape index (κ2) is 13.7. The van der Waals surface area contributed by atoms with Gasteiger partial charge in [0, 0.05) is 29.3 Å². The lowest BCUT2D eigenvalue weighted by molar-refractivity contribution is -0.136. The van der Waals surface area contributed by atoms with Crippen molar-refractivity contribution in [2.24, 2.45) is 0 Å². The van der Waals surface area contributed by atoms with Gasteiger partial charge in [0.15, 0.2) is 0 Å². The average molecular weight is 631 g/mol. The van der Waals surface area contributed by atoms with Gasteiger partial charge >= 0.3 is 12.1 Å². The van der Waals surface area contributed by atoms with E-state index in [0.717, 1.165) is 27.8 Å². The van der Waals surface area contributed by atoms with Crippen LogP contribution in [-0.2, 0) is 19.0 Å². The second-order valence-corrected chi connectivity index (χ2v) is 10.9. The standard InChI is InChI=1S/C38H34N2O7/c1-24(47-38(42)46-22-32-29-16-10-8-14-27(29)28-15-9-11-17-30(28)32)35(37(41)45-4)36(31-19-18-26(43-2)20-34(31)44-3)40-21-33(39-23-40)25-12-6-5-7-13-25/h5-21,23,32,36H,22H2,1-4H3. The van der Waals surface area contributed by atoms with Crippen molar-refractivity contribution in [3.8, 4) is 33.9 Å². The molecule has 0 radical (unpaired) electrons. The number of ether oxygens (including phenoxy) is 5. The van der Waals surface area contributed by atoms with Crippen LogP contribution in [0, 0.1) is 0 Å². The van der Waals surface area contributed by atoms with E-state index >= 15 is 0 Å². The molecule has 1 unspecified atom stereocenters. The molecule has 0 amide bonds. The second-order valence-electron chi connectivity index (χ2n) is 10.9. The first-order chi connectivity index (χ1) is 22.9. The Balaban J connectivity index is 1.35. The number of hydrogen-bond acceptors (Lipinski definition) is 8. The number of allylic oxidation sites excluding steroid dienone is 1. The number of rotatable bonds is 10. The highest BCUT2D eigenvalue weighted by molar-refractivity contribution is 5.91. The van der Waals surface area contributed by atoms with Crippen LogP contribution in [0.5, 0.6) is 11.5 Å². The summed E-state index contributed by atoms with van der Waals surface area (Å²) >= 11 is 0. The Bertz CT molecular complexity index is 1900. The van der Waals surface area contributed by atoms with Gasteiger partial charge in [-0.1, -0.05) is 78.9 Å². The molecule has 9 heteroatoms. The smallest absolute Gasteiger partial charge is 0.497 e. The molecule has 0 N–H and O–H groups in total. The van der Waals surface area contributed by atoms with Gasteiger partial charge in [0.05, 0.1) is 39.4 Å². The van der Waals surface area contributed by atoms with Crippen LogP contribution in [0.2, 0.25) is 0 Å². The molecule has 1 aliphatic carbocycles. The molecule has 0 saturated carbocycles. The van der Waals surface area contributed by atoms with E-state index in [9.17, 15) is 9.59 Å². The highest BCUT2D eigenvalue weighted by Crippen LogP contribution is 2.45. The van der Waals surface area contributed by atoms with Crippen LogP contribution in [-0.4, -0.2) is 49.6 Å². The molecule has 0 spiro atoms. The number of benzene rings is 4. The maximum absolute atomic E-state index is 13.6. The Kier molecular flexibility index (Phi) is 9.06. The zero-order valence-electron chi connectivity index (χ0n) is 26.5. The number of fused-ring (bicyclic) bond motifs is 3. The molecule has 4 aromatic carbocycles. The Hall–Kier alpha value is -5.83. The molecule has 1 aromatic heterocycles. The Morgan fingerprint density at radius 3 is 2.13 bits per heavy atom. The highest BCUT2D eigenvalue weighted by Gasteiger charge is 2.33. The molecule has 1 heterocycles. The molecule has 0 saturated heterocycles. The quantitative estimate of drug-likeness (QED) is 0.0886. The fourth-order valence-electron chi connectivity index (χ4n) is 6.10. The van der Waals surface area contributed by atoms with Crippen molar-refractivity contribution in [1.29, 1.82) is 0 Å². The lowest BCUT2D eigenvalue weighted by atomic mass is 9.96. The van der Waals surface area contributed by atoms with Gasteiger partial charge in [-0.3, -0.25) is 0 Å². The van der Waals surface area contributed by atoms with E-state index < -0.39 is 18.2 Å². The van der Waals surface area contributed by atoms with E-state index in [0.29, 0.717) is 22.8 Å². The molecule has 6 rings (SSSR count). The predicted molar refractivity (Wildman–Crippen MR) is 176 cm³/mol. The third-order valence-corrected chi connectivity index (χ3v) is 8.33. The number of carbonyl (C=O) groups is 2. The molecule has 1 aliphatic rings. The molecule has 0 fully saturated rings. The largest absolute Gasteiger partial charge is 0.513 e. The van der Waals surface area contributed by atoms with Gasteiger partial charge in [-0.05, 0) is 41.3 Å². The van der Waals surface area contributed by atoms with E-state index in [1.54, 1.807) is 36.2 Å². The summed E-state index contributed by atoms with van der Waals surface area (Å²) in [5.41, 5.74) is 6.59. The Morgan fingerprint density at radius 1 is 0.830 bits per heavy atom. The van der Waals surface area contributed by atoms with Crippen molar-refractivity contribution in [1.82, 2.24) is 9.55 Å². The van der Waals surface area contributed by atoms with Crippen molar-refractivity contribution in [2.45, 2.75) is 18.9 Å². The van der Waals surface area contributed by atoms with Crippen LogP contribution in [0.4, 0.5) is 4.79 Å². The van der Waals surface area contributed by atoms with Crippen LogP contribution in [0.25, 0.3) is 22.4 Å². The maximum Gasteiger partial charge on any atom is 0.513 e. The lowest BCUT2D eigenvalue weighted by Crippen LogP contribution is -2.23. The number of nitrogens with zero attached hydrogens (tertiary/aromatic N) is 2. The number of carbonyl (C=O) groups excluding carboxylic acids is 2. The minimum Gasteiger partial charge on any atom is -0.497 e. The summed E-state index contributed by atoms with van der Waals surface area (Å²) in [6.07, 6.45) is 2.48. The van der Waals surface area contributed by atoms with Crippen molar-refractivity contribution in [3.63, 3.8) is 0 Å². The third-order valence-electron chi connectivity index (χ3n) is 8.33. The summed E-state index contributed by atoms with van der Waals surface area (Å²) in [7, 11) is 4.36. The zero-order chi connectivity index (χ0) is 32.9. The predicted octanol–water partition coefficient (Wildman–Crippen LogP) is 7.57. The SMILES string of the molecule is COC(=O)C(=C(C)OC(=O)OCC1c2ccccc2-c2ccccc21)C(c1ccc(OC)cc1OC)n1cnc(-c2ccccc2)c1. The molecular formula is C38H34N2O7. The molecule has 0 bridgehead atoms. The zero-order valence-corrected chi connectivity index (χ0v) is 26.5. The van der Waals surface area contributed by atoms with E-state index in [2.05, 4.69) is 17.1 Å². The fraction of sp³-hybridized carbons (Fsp3) is 0.184. The van der Waals surface area contributed by atoms with Crippen LogP contribution in [0.1, 0.15) is 35.6 Å². The number of esters is 1. The topological polar surface area (TPSA) is 98.1 Å². The summed E-state index contributed by atoms with van der Waals surface area (Å²) < 4.78 is 29.6. The summed E-state index contributed by atoms with van der Waals surface area (Å²) in [5, 5.41) is 0. The number of aromatic nitrogens is 2. The molecule has 238 valence electrons. The van der Waals surface area contributed by atoms with Crippen molar-refractivity contribution >= 4 is 12.1 Å². The van der Waals surface area contributed by atoms with Crippen molar-refractivity contribution in [2.75, 3.05) is 27.9 Å². The van der Waals surface area contributed by atoms with E-state index in [4.69, 9.17) is 23.7 Å². The summed E-state index contributed by atoms with van der Waals surface area (Å²) in [5.74, 6) is 0.159. The molecule has 1 atom stereocenters. The molecule has 47 heavy (non-hydrogen) atoms. The van der Waals surface area contributed by atoms with Crippen LogP contribution < -0.4 is 9.47 Å². The van der Waals surface area contributed by atoms with Crippen LogP contribution in [0.15, 0.2) is 121 Å². The summed E-state index contributed by atoms with van der Waals surface area (Å²) in [6, 6.07) is 30.2. The molecule has 0 aliphatic heterocycles. The molecular weight excluding hydrogens is 596 g/mol. The van der Waals surface area contributed by atoms with Crippen LogP contribution >= 0.6 is 0 Å². The highest BCUT2D eigenvalue weighted by atomic mass is 16.7. The van der Waals surface area contributed by atoms with Gasteiger partial charge in [0.2, 0.25) is 0 Å². The van der Waals surface area contributed by atoms with Crippen molar-refractivity contribution < 1.29 is 33.3 Å². The average Bonchev–Trinajstić information content (AvgIpc) is 3.73. The summed E-state index contributed by atoms with van der Waals surface area (Å²) in [4.78, 5) is 31.4. The van der Waals surface area contributed by atoms with E-state index in [1.165, 1.54) is 21.1 Å². The fourth-order valence-corrected chi connectivity index (χ4v) is 6.10. The molecule has 5 aromatic rings. The van der Waals surface area contributed by atoms with Gasteiger partial charge in [-0.2, -0.15) is 0 Å². The first kappa shape index (κ1) is 31.2. The summed E-state index contributed by atoms with van der Waals surface area (Å²) in [6.45, 7) is 1.59. The first-order valence-electron chi connectivity index (χ1n) is 15.1. The van der Waals surface area contributed by atoms with E-state index in [1.807, 2.05) is 72.9 Å². The van der Waals surface area contributed by atoms with Gasteiger partial charge in [0.25, 0.3) is 0 Å². The Labute approximate surface area is 273 Å². The minimum absolute atomic E-state index is 0.00639. The van der Waals surface area contributed by atoms with Gasteiger partial charge in [0.1, 0.15) is 29.4 Å². The van der Waals surface area contributed by atoms with Gasteiger partial charge in [-0.15, -0.1) is 0 Å². The Morgan fingerprint density at radius 2 is 1.49 bits per heavy atom. The third kappa shape index (κ3) is 6.20. The maximum atomic E-state index is 13.6. The van der Waals surface area contributed by atoms with Crippen LogP contribution in [0.3, 0.4) is 0 Å². The first-order valence-corrected chi connectivity index (χ1v) is 15.1. The number of imidazole rings is 1. The number of methoxy groups -OCH3 is 3. The van der Waals surface area contributed by atoms with Gasteiger partial charge < -0.3 is 28.3 Å².